The maximum atomic E-state index is 9.62. The van der Waals surface area contributed by atoms with Gasteiger partial charge in [-0.05, 0) is 50.7 Å². The van der Waals surface area contributed by atoms with Crippen molar-refractivity contribution in [1.82, 2.24) is 5.32 Å². The van der Waals surface area contributed by atoms with Gasteiger partial charge in [-0.15, -0.1) is 0 Å². The van der Waals surface area contributed by atoms with Gasteiger partial charge in [0.05, 0.1) is 13.2 Å². The van der Waals surface area contributed by atoms with Crippen molar-refractivity contribution in [2.24, 2.45) is 5.92 Å². The first-order chi connectivity index (χ1) is 8.13. The molecule has 1 aliphatic rings. The first kappa shape index (κ1) is 12.7. The van der Waals surface area contributed by atoms with Crippen LogP contribution < -0.4 is 5.32 Å². The molecular weight excluding hydrogens is 214 g/mol. The highest BCUT2D eigenvalue weighted by molar-refractivity contribution is 5.06. The smallest absolute Gasteiger partial charge is 0.117 e. The molecule has 0 unspecified atom stereocenters. The van der Waals surface area contributed by atoms with E-state index in [-0.39, 0.29) is 12.1 Å². The van der Waals surface area contributed by atoms with Crippen molar-refractivity contribution in [3.05, 3.63) is 23.7 Å². The highest BCUT2D eigenvalue weighted by Gasteiger charge is 2.33. The lowest BCUT2D eigenvalue weighted by atomic mass is 9.77. The van der Waals surface area contributed by atoms with Gasteiger partial charge in [-0.1, -0.05) is 6.92 Å². The Morgan fingerprint density at radius 3 is 2.65 bits per heavy atom. The Balaban J connectivity index is 1.91. The monoisotopic (exact) mass is 237 g/mol. The van der Waals surface area contributed by atoms with Gasteiger partial charge in [-0.2, -0.15) is 0 Å². The molecule has 1 aromatic rings. The summed E-state index contributed by atoms with van der Waals surface area (Å²) >= 11 is 0. The first-order valence-electron chi connectivity index (χ1n) is 6.55. The second-order valence-electron chi connectivity index (χ2n) is 5.49. The fraction of sp³-hybridized carbons (Fsp3) is 0.714. The third kappa shape index (κ3) is 3.11. The Morgan fingerprint density at radius 1 is 1.41 bits per heavy atom. The molecule has 96 valence electrons. The van der Waals surface area contributed by atoms with E-state index in [0.29, 0.717) is 6.54 Å². The molecule has 2 N–H and O–H groups in total. The van der Waals surface area contributed by atoms with E-state index in [2.05, 4.69) is 12.2 Å². The third-order valence-electron chi connectivity index (χ3n) is 3.97. The van der Waals surface area contributed by atoms with Crippen LogP contribution in [0.1, 0.15) is 44.1 Å². The predicted molar refractivity (Wildman–Crippen MR) is 67.7 cm³/mol. The molecule has 17 heavy (non-hydrogen) atoms. The maximum absolute atomic E-state index is 9.62. The van der Waals surface area contributed by atoms with Gasteiger partial charge < -0.3 is 14.8 Å². The lowest BCUT2D eigenvalue weighted by Gasteiger charge is -2.38. The zero-order valence-corrected chi connectivity index (χ0v) is 10.8. The fourth-order valence-corrected chi connectivity index (χ4v) is 2.56. The Bertz CT molecular complexity index is 351. The van der Waals surface area contributed by atoms with E-state index in [1.807, 2.05) is 19.1 Å². The van der Waals surface area contributed by atoms with Crippen LogP contribution in [0.3, 0.4) is 0 Å². The molecule has 0 amide bonds. The summed E-state index contributed by atoms with van der Waals surface area (Å²) in [6.07, 6.45) is 4.52. The molecule has 3 nitrogen and oxygen atoms in total. The zero-order valence-electron chi connectivity index (χ0n) is 10.8. The van der Waals surface area contributed by atoms with Gasteiger partial charge in [0.2, 0.25) is 0 Å². The van der Waals surface area contributed by atoms with Crippen molar-refractivity contribution in [2.45, 2.75) is 51.6 Å². The van der Waals surface area contributed by atoms with E-state index in [9.17, 15) is 5.11 Å². The van der Waals surface area contributed by atoms with Gasteiger partial charge in [0.1, 0.15) is 11.5 Å². The van der Waals surface area contributed by atoms with E-state index in [1.165, 1.54) is 12.8 Å². The average Bonchev–Trinajstić information content (AvgIpc) is 2.75. The summed E-state index contributed by atoms with van der Waals surface area (Å²) in [6, 6.07) is 3.98. The van der Waals surface area contributed by atoms with Crippen molar-refractivity contribution in [1.29, 1.82) is 0 Å². The Kier molecular flexibility index (Phi) is 3.89. The second kappa shape index (κ2) is 5.23. The molecule has 0 spiro atoms. The normalized spacial score (nSPS) is 29.5. The van der Waals surface area contributed by atoms with E-state index >= 15 is 0 Å². The molecule has 0 bridgehead atoms. The molecule has 1 heterocycles. The number of aliphatic hydroxyl groups excluding tert-OH is 1. The molecule has 0 radical (unpaired) electrons. The molecule has 1 saturated carbocycles. The Hall–Kier alpha value is -0.800. The first-order valence-corrected chi connectivity index (χ1v) is 6.55. The highest BCUT2D eigenvalue weighted by Crippen LogP contribution is 2.31. The van der Waals surface area contributed by atoms with Crippen LogP contribution in [-0.4, -0.2) is 17.3 Å². The van der Waals surface area contributed by atoms with Crippen molar-refractivity contribution in [3.63, 3.8) is 0 Å². The predicted octanol–water partition coefficient (Wildman–Crippen LogP) is 2.62. The number of hydrogen-bond donors (Lipinski definition) is 2. The average molecular weight is 237 g/mol. The molecule has 1 aromatic heterocycles. The third-order valence-corrected chi connectivity index (χ3v) is 3.97. The molecule has 0 saturated heterocycles. The summed E-state index contributed by atoms with van der Waals surface area (Å²) in [5.74, 6) is 2.69. The van der Waals surface area contributed by atoms with Gasteiger partial charge in [0.25, 0.3) is 0 Å². The maximum Gasteiger partial charge on any atom is 0.117 e. The van der Waals surface area contributed by atoms with Crippen molar-refractivity contribution >= 4 is 0 Å². The van der Waals surface area contributed by atoms with Crippen molar-refractivity contribution < 1.29 is 9.52 Å². The molecule has 1 fully saturated rings. The van der Waals surface area contributed by atoms with Gasteiger partial charge >= 0.3 is 0 Å². The summed E-state index contributed by atoms with van der Waals surface area (Å²) < 4.78 is 5.54. The zero-order chi connectivity index (χ0) is 12.3. The van der Waals surface area contributed by atoms with Crippen LogP contribution in [0, 0.1) is 12.8 Å². The van der Waals surface area contributed by atoms with Gasteiger partial charge in [0.15, 0.2) is 0 Å². The standard InChI is InChI=1S/C14H23NO2/c1-11-5-7-14(10-16,8-6-11)15-9-13-4-3-12(2)17-13/h3-4,11,15-16H,5-10H2,1-2H3. The van der Waals surface area contributed by atoms with Crippen LogP contribution >= 0.6 is 0 Å². The summed E-state index contributed by atoms with van der Waals surface area (Å²) in [6.45, 7) is 5.17. The Labute approximate surface area is 103 Å². The number of aliphatic hydroxyl groups is 1. The largest absolute Gasteiger partial charge is 0.465 e. The number of aryl methyl sites for hydroxylation is 1. The quantitative estimate of drug-likeness (QED) is 0.846. The number of rotatable bonds is 4. The highest BCUT2D eigenvalue weighted by atomic mass is 16.3. The summed E-state index contributed by atoms with van der Waals surface area (Å²) in [7, 11) is 0. The van der Waals surface area contributed by atoms with Crippen LogP contribution in [0.4, 0.5) is 0 Å². The number of hydrogen-bond acceptors (Lipinski definition) is 3. The van der Waals surface area contributed by atoms with Crippen LogP contribution in [-0.2, 0) is 6.54 Å². The van der Waals surface area contributed by atoms with Gasteiger partial charge in [-0.3, -0.25) is 0 Å². The molecule has 2 rings (SSSR count). The van der Waals surface area contributed by atoms with Crippen LogP contribution in [0.25, 0.3) is 0 Å². The minimum absolute atomic E-state index is 0.0901. The second-order valence-corrected chi connectivity index (χ2v) is 5.49. The van der Waals surface area contributed by atoms with Gasteiger partial charge in [-0.25, -0.2) is 0 Å². The molecule has 3 heteroatoms. The van der Waals surface area contributed by atoms with E-state index in [0.717, 1.165) is 30.3 Å². The molecule has 1 aliphatic carbocycles. The molecular formula is C14H23NO2. The van der Waals surface area contributed by atoms with Crippen LogP contribution in [0.5, 0.6) is 0 Å². The van der Waals surface area contributed by atoms with E-state index in [4.69, 9.17) is 4.42 Å². The lowest BCUT2D eigenvalue weighted by molar-refractivity contribution is 0.102. The minimum atomic E-state index is -0.0901. The van der Waals surface area contributed by atoms with Gasteiger partial charge in [0, 0.05) is 5.54 Å². The fourth-order valence-electron chi connectivity index (χ4n) is 2.56. The lowest BCUT2D eigenvalue weighted by Crippen LogP contribution is -2.50. The summed E-state index contributed by atoms with van der Waals surface area (Å²) in [5.41, 5.74) is -0.0901. The van der Waals surface area contributed by atoms with E-state index < -0.39 is 0 Å². The minimum Gasteiger partial charge on any atom is -0.465 e. The topological polar surface area (TPSA) is 45.4 Å². The van der Waals surface area contributed by atoms with Crippen molar-refractivity contribution in [2.75, 3.05) is 6.61 Å². The number of nitrogens with one attached hydrogen (secondary N) is 1. The molecule has 0 atom stereocenters. The summed E-state index contributed by atoms with van der Waals surface area (Å²) in [5, 5.41) is 13.1. The molecule has 0 aromatic carbocycles. The van der Waals surface area contributed by atoms with Crippen LogP contribution in [0.15, 0.2) is 16.5 Å². The molecule has 0 aliphatic heterocycles. The van der Waals surface area contributed by atoms with E-state index in [1.54, 1.807) is 0 Å². The van der Waals surface area contributed by atoms with Crippen molar-refractivity contribution in [3.8, 4) is 0 Å². The SMILES string of the molecule is Cc1ccc(CNC2(CO)CCC(C)CC2)o1. The Morgan fingerprint density at radius 2 is 2.12 bits per heavy atom. The summed E-state index contributed by atoms with van der Waals surface area (Å²) in [4.78, 5) is 0. The van der Waals surface area contributed by atoms with Crippen LogP contribution in [0.2, 0.25) is 0 Å². The number of furan rings is 1.